The summed E-state index contributed by atoms with van der Waals surface area (Å²) in [7, 11) is 0. The average Bonchev–Trinajstić information content (AvgIpc) is 2.56. The standard InChI is InChI=1S/C16H17ClN4O2/c17-13-10-12(20-15(22)2-1-7-18)3-4-14(13)21-16(23)11-5-8-19-9-6-11/h3-6,8-10H,1-2,7,18H2,(H,20,22)(H,21,23). The second-order valence-electron chi connectivity index (χ2n) is 4.83. The Labute approximate surface area is 139 Å². The molecule has 0 aliphatic heterocycles. The van der Waals surface area contributed by atoms with E-state index in [2.05, 4.69) is 15.6 Å². The molecule has 1 aromatic heterocycles. The molecule has 23 heavy (non-hydrogen) atoms. The largest absolute Gasteiger partial charge is 0.330 e. The van der Waals surface area contributed by atoms with Gasteiger partial charge in [-0.3, -0.25) is 14.6 Å². The van der Waals surface area contributed by atoms with Gasteiger partial charge in [0.25, 0.3) is 5.91 Å². The Balaban J connectivity index is 2.02. The molecule has 0 atom stereocenters. The quantitative estimate of drug-likeness (QED) is 0.757. The number of anilines is 2. The van der Waals surface area contributed by atoms with E-state index in [1.807, 2.05) is 0 Å². The zero-order valence-electron chi connectivity index (χ0n) is 12.4. The lowest BCUT2D eigenvalue weighted by Gasteiger charge is -2.10. The van der Waals surface area contributed by atoms with Gasteiger partial charge in [-0.15, -0.1) is 0 Å². The first-order chi connectivity index (χ1) is 11.1. The predicted octanol–water partition coefficient (Wildman–Crippen LogP) is 2.66. The SMILES string of the molecule is NCCCC(=O)Nc1ccc(NC(=O)c2ccncc2)c(Cl)c1. The topological polar surface area (TPSA) is 97.1 Å². The van der Waals surface area contributed by atoms with Crippen molar-refractivity contribution in [2.75, 3.05) is 17.2 Å². The second kappa shape index (κ2) is 8.26. The van der Waals surface area contributed by atoms with Crippen molar-refractivity contribution >= 4 is 34.8 Å². The Morgan fingerprint density at radius 1 is 1.13 bits per heavy atom. The van der Waals surface area contributed by atoms with Crippen LogP contribution in [0.2, 0.25) is 5.02 Å². The van der Waals surface area contributed by atoms with Gasteiger partial charge in [0.15, 0.2) is 0 Å². The van der Waals surface area contributed by atoms with Crippen molar-refractivity contribution in [2.45, 2.75) is 12.8 Å². The van der Waals surface area contributed by atoms with E-state index in [0.29, 0.717) is 41.3 Å². The zero-order valence-corrected chi connectivity index (χ0v) is 13.1. The second-order valence-corrected chi connectivity index (χ2v) is 5.23. The number of carbonyl (C=O) groups excluding carboxylic acids is 2. The van der Waals surface area contributed by atoms with Crippen LogP contribution < -0.4 is 16.4 Å². The van der Waals surface area contributed by atoms with Crippen LogP contribution in [-0.4, -0.2) is 23.3 Å². The lowest BCUT2D eigenvalue weighted by atomic mass is 10.2. The number of nitrogens with zero attached hydrogens (tertiary/aromatic N) is 1. The molecule has 0 aliphatic carbocycles. The first-order valence-corrected chi connectivity index (χ1v) is 7.49. The Morgan fingerprint density at radius 2 is 1.87 bits per heavy atom. The monoisotopic (exact) mass is 332 g/mol. The highest BCUT2D eigenvalue weighted by molar-refractivity contribution is 6.34. The lowest BCUT2D eigenvalue weighted by molar-refractivity contribution is -0.116. The van der Waals surface area contributed by atoms with Gasteiger partial charge in [0.2, 0.25) is 5.91 Å². The highest BCUT2D eigenvalue weighted by atomic mass is 35.5. The molecular weight excluding hydrogens is 316 g/mol. The molecule has 6 nitrogen and oxygen atoms in total. The summed E-state index contributed by atoms with van der Waals surface area (Å²) in [5.41, 5.74) is 6.88. The van der Waals surface area contributed by atoms with E-state index >= 15 is 0 Å². The lowest BCUT2D eigenvalue weighted by Crippen LogP contribution is -2.14. The van der Waals surface area contributed by atoms with Crippen LogP contribution in [0, 0.1) is 0 Å². The Morgan fingerprint density at radius 3 is 2.52 bits per heavy atom. The maximum atomic E-state index is 12.1. The van der Waals surface area contributed by atoms with Crippen molar-refractivity contribution in [3.63, 3.8) is 0 Å². The normalized spacial score (nSPS) is 10.2. The van der Waals surface area contributed by atoms with Gasteiger partial charge in [-0.05, 0) is 43.3 Å². The molecule has 0 saturated heterocycles. The van der Waals surface area contributed by atoms with Crippen molar-refractivity contribution in [1.29, 1.82) is 0 Å². The molecule has 2 amide bonds. The van der Waals surface area contributed by atoms with E-state index in [0.717, 1.165) is 0 Å². The fourth-order valence-electron chi connectivity index (χ4n) is 1.88. The molecule has 0 fully saturated rings. The number of nitrogens with two attached hydrogens (primary N) is 1. The number of hydrogen-bond acceptors (Lipinski definition) is 4. The van der Waals surface area contributed by atoms with Gasteiger partial charge in [0.05, 0.1) is 10.7 Å². The molecule has 120 valence electrons. The number of halogens is 1. The van der Waals surface area contributed by atoms with Crippen LogP contribution in [0.4, 0.5) is 11.4 Å². The first-order valence-electron chi connectivity index (χ1n) is 7.11. The molecule has 2 rings (SSSR count). The molecule has 0 bridgehead atoms. The summed E-state index contributed by atoms with van der Waals surface area (Å²) < 4.78 is 0. The summed E-state index contributed by atoms with van der Waals surface area (Å²) in [4.78, 5) is 27.6. The van der Waals surface area contributed by atoms with Gasteiger partial charge in [0.1, 0.15) is 0 Å². The summed E-state index contributed by atoms with van der Waals surface area (Å²) in [5.74, 6) is -0.408. The maximum absolute atomic E-state index is 12.1. The number of rotatable bonds is 6. The van der Waals surface area contributed by atoms with Crippen molar-refractivity contribution < 1.29 is 9.59 Å². The van der Waals surface area contributed by atoms with Crippen LogP contribution in [0.15, 0.2) is 42.7 Å². The van der Waals surface area contributed by atoms with Crippen LogP contribution in [0.5, 0.6) is 0 Å². The fourth-order valence-corrected chi connectivity index (χ4v) is 2.11. The molecule has 0 aliphatic rings. The van der Waals surface area contributed by atoms with Crippen LogP contribution in [-0.2, 0) is 4.79 Å². The third-order valence-corrected chi connectivity index (χ3v) is 3.36. The number of pyridine rings is 1. The van der Waals surface area contributed by atoms with Gasteiger partial charge in [-0.25, -0.2) is 0 Å². The van der Waals surface area contributed by atoms with Crippen molar-refractivity contribution in [2.24, 2.45) is 5.73 Å². The Bertz CT molecular complexity index is 692. The van der Waals surface area contributed by atoms with Crippen LogP contribution in [0.1, 0.15) is 23.2 Å². The van der Waals surface area contributed by atoms with E-state index in [9.17, 15) is 9.59 Å². The Hall–Kier alpha value is -2.44. The summed E-state index contributed by atoms with van der Waals surface area (Å²) in [6.45, 7) is 0.466. The summed E-state index contributed by atoms with van der Waals surface area (Å²) >= 11 is 6.15. The van der Waals surface area contributed by atoms with Crippen LogP contribution in [0.3, 0.4) is 0 Å². The predicted molar refractivity (Wildman–Crippen MR) is 90.6 cm³/mol. The minimum absolute atomic E-state index is 0.125. The third kappa shape index (κ3) is 5.05. The van der Waals surface area contributed by atoms with Crippen molar-refractivity contribution in [1.82, 2.24) is 4.98 Å². The van der Waals surface area contributed by atoms with Gasteiger partial charge >= 0.3 is 0 Å². The molecule has 0 radical (unpaired) electrons. The molecule has 0 spiro atoms. The van der Waals surface area contributed by atoms with Crippen LogP contribution in [0.25, 0.3) is 0 Å². The summed E-state index contributed by atoms with van der Waals surface area (Å²) in [6, 6.07) is 8.11. The number of hydrogen-bond donors (Lipinski definition) is 3. The van der Waals surface area contributed by atoms with E-state index in [1.54, 1.807) is 30.3 Å². The number of nitrogens with one attached hydrogen (secondary N) is 2. The fraction of sp³-hybridized carbons (Fsp3) is 0.188. The smallest absolute Gasteiger partial charge is 0.255 e. The molecule has 1 heterocycles. The highest BCUT2D eigenvalue weighted by Crippen LogP contribution is 2.26. The number of aromatic nitrogens is 1. The third-order valence-electron chi connectivity index (χ3n) is 3.05. The maximum Gasteiger partial charge on any atom is 0.255 e. The van der Waals surface area contributed by atoms with E-state index in [1.165, 1.54) is 12.4 Å². The van der Waals surface area contributed by atoms with Gasteiger partial charge in [-0.2, -0.15) is 0 Å². The minimum atomic E-state index is -0.283. The van der Waals surface area contributed by atoms with Crippen molar-refractivity contribution in [3.8, 4) is 0 Å². The van der Waals surface area contributed by atoms with E-state index in [4.69, 9.17) is 17.3 Å². The minimum Gasteiger partial charge on any atom is -0.330 e. The van der Waals surface area contributed by atoms with Gasteiger partial charge in [0, 0.05) is 30.1 Å². The molecule has 4 N–H and O–H groups in total. The molecule has 1 aromatic carbocycles. The molecular formula is C16H17ClN4O2. The zero-order chi connectivity index (χ0) is 16.7. The Kier molecular flexibility index (Phi) is 6.08. The van der Waals surface area contributed by atoms with Gasteiger partial charge < -0.3 is 16.4 Å². The number of benzene rings is 1. The molecule has 2 aromatic rings. The van der Waals surface area contributed by atoms with Crippen LogP contribution >= 0.6 is 11.6 Å². The number of carbonyl (C=O) groups is 2. The number of amides is 2. The average molecular weight is 333 g/mol. The van der Waals surface area contributed by atoms with E-state index in [-0.39, 0.29) is 11.8 Å². The first kappa shape index (κ1) is 16.9. The van der Waals surface area contributed by atoms with Gasteiger partial charge in [-0.1, -0.05) is 11.6 Å². The van der Waals surface area contributed by atoms with E-state index < -0.39 is 0 Å². The molecule has 0 saturated carbocycles. The molecule has 0 unspecified atom stereocenters. The summed E-state index contributed by atoms with van der Waals surface area (Å²) in [6.07, 6.45) is 4.06. The molecule has 7 heteroatoms. The summed E-state index contributed by atoms with van der Waals surface area (Å²) in [5, 5.41) is 5.78. The highest BCUT2D eigenvalue weighted by Gasteiger charge is 2.09. The van der Waals surface area contributed by atoms with Crippen molar-refractivity contribution in [3.05, 3.63) is 53.3 Å².